The van der Waals surface area contributed by atoms with E-state index in [1.807, 2.05) is 0 Å². The third-order valence-electron chi connectivity index (χ3n) is 4.42. The van der Waals surface area contributed by atoms with Gasteiger partial charge < -0.3 is 0 Å². The molecule has 2 N–H and O–H groups in total. The van der Waals surface area contributed by atoms with Crippen molar-refractivity contribution in [3.8, 4) is 5.82 Å². The van der Waals surface area contributed by atoms with E-state index in [2.05, 4.69) is 20.9 Å². The number of rotatable bonds is 4. The molecule has 0 aliphatic carbocycles. The lowest BCUT2D eigenvalue weighted by molar-refractivity contribution is -0.137. The van der Waals surface area contributed by atoms with E-state index >= 15 is 0 Å². The number of aryl methyl sites for hydroxylation is 1. The van der Waals surface area contributed by atoms with Crippen LogP contribution in [0.3, 0.4) is 0 Å². The molecule has 0 bridgehead atoms. The van der Waals surface area contributed by atoms with Crippen molar-refractivity contribution in [2.45, 2.75) is 26.4 Å². The molecule has 3 rings (SSSR count). The standard InChI is InChI=1S/C20H18F3N5O2/c1-12-16(10-18(29)25-26-19(30)14-6-4-3-5-7-14)13(2)28(27-12)17-9-8-15(11-24-17)20(21,22)23/h3-9,11H,10H2,1-2H3,(H,25,29)(H,26,30). The van der Waals surface area contributed by atoms with Crippen LogP contribution in [-0.2, 0) is 17.4 Å². The van der Waals surface area contributed by atoms with E-state index in [1.54, 1.807) is 44.2 Å². The van der Waals surface area contributed by atoms with Crippen LogP contribution in [0.5, 0.6) is 0 Å². The highest BCUT2D eigenvalue weighted by molar-refractivity contribution is 5.95. The Morgan fingerprint density at radius 3 is 2.33 bits per heavy atom. The number of nitrogens with zero attached hydrogens (tertiary/aromatic N) is 3. The van der Waals surface area contributed by atoms with Crippen molar-refractivity contribution in [3.05, 3.63) is 76.7 Å². The SMILES string of the molecule is Cc1nn(-c2ccc(C(F)(F)F)cn2)c(C)c1CC(=O)NNC(=O)c1ccccc1. The first-order chi connectivity index (χ1) is 14.2. The molecule has 2 aromatic heterocycles. The summed E-state index contributed by atoms with van der Waals surface area (Å²) in [6.07, 6.45) is -3.82. The summed E-state index contributed by atoms with van der Waals surface area (Å²) in [7, 11) is 0. The summed E-state index contributed by atoms with van der Waals surface area (Å²) in [5.41, 5.74) is 5.88. The molecule has 0 spiro atoms. The normalized spacial score (nSPS) is 11.2. The minimum atomic E-state index is -4.48. The average Bonchev–Trinajstić information content (AvgIpc) is 3.00. The van der Waals surface area contributed by atoms with Gasteiger partial charge in [0.25, 0.3) is 5.91 Å². The first-order valence-electron chi connectivity index (χ1n) is 8.89. The highest BCUT2D eigenvalue weighted by atomic mass is 19.4. The number of aromatic nitrogens is 3. The van der Waals surface area contributed by atoms with Gasteiger partial charge in [-0.15, -0.1) is 0 Å². The topological polar surface area (TPSA) is 88.9 Å². The first-order valence-corrected chi connectivity index (χ1v) is 8.89. The summed E-state index contributed by atoms with van der Waals surface area (Å²) in [5, 5.41) is 4.27. The molecule has 0 aliphatic heterocycles. The van der Waals surface area contributed by atoms with Gasteiger partial charge in [0.2, 0.25) is 5.91 Å². The van der Waals surface area contributed by atoms with Crippen LogP contribution in [0.15, 0.2) is 48.7 Å². The number of alkyl halides is 3. The molecule has 0 saturated carbocycles. The molecule has 1 aromatic carbocycles. The van der Waals surface area contributed by atoms with Crippen LogP contribution in [0.2, 0.25) is 0 Å². The third kappa shape index (κ3) is 4.65. The average molecular weight is 417 g/mol. The molecule has 0 fully saturated rings. The second-order valence-electron chi connectivity index (χ2n) is 6.51. The first kappa shape index (κ1) is 21.0. The Kier molecular flexibility index (Phi) is 5.86. The number of hydrogen-bond acceptors (Lipinski definition) is 4. The fraction of sp³-hybridized carbons (Fsp3) is 0.200. The molecule has 3 aromatic rings. The summed E-state index contributed by atoms with van der Waals surface area (Å²) < 4.78 is 39.5. The van der Waals surface area contributed by atoms with Crippen LogP contribution in [0.25, 0.3) is 5.82 Å². The Bertz CT molecular complexity index is 1060. The molecule has 0 unspecified atom stereocenters. The van der Waals surface area contributed by atoms with E-state index in [1.165, 1.54) is 10.7 Å². The maximum atomic E-state index is 12.7. The van der Waals surface area contributed by atoms with Crippen molar-refractivity contribution in [1.82, 2.24) is 25.6 Å². The van der Waals surface area contributed by atoms with E-state index in [-0.39, 0.29) is 12.2 Å². The molecule has 0 aliphatic rings. The van der Waals surface area contributed by atoms with Crippen molar-refractivity contribution >= 4 is 11.8 Å². The van der Waals surface area contributed by atoms with Gasteiger partial charge in [-0.25, -0.2) is 9.67 Å². The summed E-state index contributed by atoms with van der Waals surface area (Å²) in [6, 6.07) is 10.5. The Morgan fingerprint density at radius 2 is 1.73 bits per heavy atom. The fourth-order valence-electron chi connectivity index (χ4n) is 2.83. The molecule has 10 heteroatoms. The summed E-state index contributed by atoms with van der Waals surface area (Å²) in [4.78, 5) is 28.1. The van der Waals surface area contributed by atoms with Crippen LogP contribution < -0.4 is 10.9 Å². The molecule has 2 heterocycles. The maximum Gasteiger partial charge on any atom is 0.417 e. The number of hydrazine groups is 1. The lowest BCUT2D eigenvalue weighted by Crippen LogP contribution is -2.42. The summed E-state index contributed by atoms with van der Waals surface area (Å²) in [5.74, 6) is -0.722. The number of nitrogens with one attached hydrogen (secondary N) is 2. The van der Waals surface area contributed by atoms with Gasteiger partial charge in [0.05, 0.1) is 17.7 Å². The number of carbonyl (C=O) groups is 2. The minimum Gasteiger partial charge on any atom is -0.273 e. The van der Waals surface area contributed by atoms with Gasteiger partial charge in [0.1, 0.15) is 0 Å². The van der Waals surface area contributed by atoms with Gasteiger partial charge in [-0.2, -0.15) is 18.3 Å². The second kappa shape index (κ2) is 8.36. The van der Waals surface area contributed by atoms with E-state index in [0.29, 0.717) is 22.5 Å². The van der Waals surface area contributed by atoms with E-state index in [9.17, 15) is 22.8 Å². The fourth-order valence-corrected chi connectivity index (χ4v) is 2.83. The highest BCUT2D eigenvalue weighted by Crippen LogP contribution is 2.29. The zero-order valence-electron chi connectivity index (χ0n) is 16.1. The predicted molar refractivity (Wildman–Crippen MR) is 102 cm³/mol. The van der Waals surface area contributed by atoms with Gasteiger partial charge >= 0.3 is 6.18 Å². The van der Waals surface area contributed by atoms with E-state index in [4.69, 9.17) is 0 Å². The van der Waals surface area contributed by atoms with Gasteiger partial charge in [-0.3, -0.25) is 20.4 Å². The maximum absolute atomic E-state index is 12.7. The third-order valence-corrected chi connectivity index (χ3v) is 4.42. The van der Waals surface area contributed by atoms with Crippen molar-refractivity contribution in [1.29, 1.82) is 0 Å². The van der Waals surface area contributed by atoms with E-state index in [0.717, 1.165) is 12.3 Å². The summed E-state index contributed by atoms with van der Waals surface area (Å²) in [6.45, 7) is 3.36. The van der Waals surface area contributed by atoms with Gasteiger partial charge in [0, 0.05) is 23.0 Å². The van der Waals surface area contributed by atoms with Crippen LogP contribution in [0.1, 0.15) is 32.9 Å². The molecule has 30 heavy (non-hydrogen) atoms. The molecule has 156 valence electrons. The van der Waals surface area contributed by atoms with Gasteiger partial charge in [-0.1, -0.05) is 18.2 Å². The van der Waals surface area contributed by atoms with Crippen LogP contribution in [-0.4, -0.2) is 26.6 Å². The second-order valence-corrected chi connectivity index (χ2v) is 6.51. The largest absolute Gasteiger partial charge is 0.417 e. The predicted octanol–water partition coefficient (Wildman–Crippen LogP) is 2.91. The molecular formula is C20H18F3N5O2. The molecule has 7 nitrogen and oxygen atoms in total. The minimum absolute atomic E-state index is 0.0760. The highest BCUT2D eigenvalue weighted by Gasteiger charge is 2.30. The molecule has 0 radical (unpaired) electrons. The van der Waals surface area contributed by atoms with Gasteiger partial charge in [0.15, 0.2) is 5.82 Å². The number of benzene rings is 1. The van der Waals surface area contributed by atoms with Crippen molar-refractivity contribution in [2.24, 2.45) is 0 Å². The van der Waals surface area contributed by atoms with Crippen molar-refractivity contribution < 1.29 is 22.8 Å². The van der Waals surface area contributed by atoms with Crippen LogP contribution in [0, 0.1) is 13.8 Å². The zero-order chi connectivity index (χ0) is 21.9. The number of amides is 2. The molecule has 2 amide bonds. The monoisotopic (exact) mass is 417 g/mol. The molecular weight excluding hydrogens is 399 g/mol. The van der Waals surface area contributed by atoms with Crippen LogP contribution >= 0.6 is 0 Å². The number of carbonyl (C=O) groups excluding carboxylic acids is 2. The Balaban J connectivity index is 1.69. The Hall–Kier alpha value is -3.69. The number of hydrogen-bond donors (Lipinski definition) is 2. The lowest BCUT2D eigenvalue weighted by atomic mass is 10.1. The molecule has 0 atom stereocenters. The number of halogens is 3. The smallest absolute Gasteiger partial charge is 0.273 e. The molecule has 0 saturated heterocycles. The quantitative estimate of drug-likeness (QED) is 0.639. The van der Waals surface area contributed by atoms with E-state index < -0.39 is 23.6 Å². The van der Waals surface area contributed by atoms with Gasteiger partial charge in [-0.05, 0) is 38.1 Å². The lowest BCUT2D eigenvalue weighted by Gasteiger charge is -2.09. The number of pyridine rings is 1. The van der Waals surface area contributed by atoms with Crippen molar-refractivity contribution in [2.75, 3.05) is 0 Å². The van der Waals surface area contributed by atoms with Crippen LogP contribution in [0.4, 0.5) is 13.2 Å². The Labute approximate surface area is 169 Å². The Morgan fingerprint density at radius 1 is 1.03 bits per heavy atom. The van der Waals surface area contributed by atoms with Crippen molar-refractivity contribution in [3.63, 3.8) is 0 Å². The summed E-state index contributed by atoms with van der Waals surface area (Å²) >= 11 is 0. The zero-order valence-corrected chi connectivity index (χ0v) is 16.1.